The number of nitrogens with zero attached hydrogens (tertiary/aromatic N) is 1. The van der Waals surface area contributed by atoms with Crippen LogP contribution in [0.5, 0.6) is 0 Å². The van der Waals surface area contributed by atoms with Gasteiger partial charge in [-0.15, -0.1) is 0 Å². The number of aryl methyl sites for hydroxylation is 1. The van der Waals surface area contributed by atoms with E-state index in [1.165, 1.54) is 0 Å². The number of hydrogen-bond donors (Lipinski definition) is 1. The molecule has 9 heavy (non-hydrogen) atoms. The molecule has 0 aliphatic heterocycles. The standard InChI is InChI=1S/C4H4N2.CH2.2Al/c1-4-2-5-3-6-4;;;/h1H3,(H,5,6);1H2;;. The van der Waals surface area contributed by atoms with Gasteiger partial charge in [0.25, 0.3) is 0 Å². The first kappa shape index (κ1) is 7.25. The fraction of sp³-hybridized carbons (Fsp3) is 0.200. The van der Waals surface area contributed by atoms with Crippen molar-refractivity contribution in [2.24, 2.45) is 0 Å². The number of hydrogen-bond acceptors (Lipinski definition) is 1. The van der Waals surface area contributed by atoms with Crippen molar-refractivity contribution in [2.45, 2.75) is 6.92 Å². The summed E-state index contributed by atoms with van der Waals surface area (Å²) in [5.41, 5.74) is 1.13. The van der Waals surface area contributed by atoms with E-state index < -0.39 is 0 Å². The summed E-state index contributed by atoms with van der Waals surface area (Å²) in [5, 5.41) is 3.79. The van der Waals surface area contributed by atoms with Crippen LogP contribution in [0.25, 0.3) is 0 Å². The van der Waals surface area contributed by atoms with Crippen molar-refractivity contribution in [1.82, 2.24) is 9.97 Å². The molecule has 0 bridgehead atoms. The van der Waals surface area contributed by atoms with E-state index in [0.29, 0.717) is 0 Å². The third-order valence-electron chi connectivity index (χ3n) is 1.13. The first-order valence-corrected chi connectivity index (χ1v) is 4.65. The van der Waals surface area contributed by atoms with Crippen LogP contribution < -0.4 is 9.24 Å². The van der Waals surface area contributed by atoms with Crippen LogP contribution in [0.4, 0.5) is 0 Å². The fourth-order valence-electron chi connectivity index (χ4n) is 0.594. The van der Waals surface area contributed by atoms with E-state index in [1.54, 1.807) is 0 Å². The van der Waals surface area contributed by atoms with E-state index in [9.17, 15) is 0 Å². The van der Waals surface area contributed by atoms with E-state index in [0.717, 1.165) is 14.9 Å². The molecule has 0 spiro atoms. The van der Waals surface area contributed by atoms with Gasteiger partial charge < -0.3 is 0 Å². The first-order chi connectivity index (χ1) is 4.24. The molecular weight excluding hydrogens is 142 g/mol. The molecule has 0 aromatic carbocycles. The number of nitrogens with one attached hydrogen (secondary N) is 1. The molecule has 4 heteroatoms. The number of aromatic nitrogens is 2. The van der Waals surface area contributed by atoms with Crippen LogP contribution in [0.15, 0.2) is 0 Å². The van der Waals surface area contributed by atoms with Crippen molar-refractivity contribution in [3.8, 4) is 0 Å². The van der Waals surface area contributed by atoms with E-state index in [2.05, 4.69) is 31.6 Å². The van der Waals surface area contributed by atoms with Crippen LogP contribution in [0.1, 0.15) is 5.69 Å². The maximum absolute atomic E-state index is 4.21. The SMILES string of the molecule is [CH2]=[Al][c]1n[c]([Al])c(C)[nH]1. The van der Waals surface area contributed by atoms with Gasteiger partial charge in [-0.3, -0.25) is 0 Å². The van der Waals surface area contributed by atoms with Gasteiger partial charge in [0.1, 0.15) is 0 Å². The molecule has 0 amide bonds. The molecule has 0 aliphatic carbocycles. The summed E-state index contributed by atoms with van der Waals surface area (Å²) < 4.78 is 2.05. The Bertz CT molecular complexity index is 209. The summed E-state index contributed by atoms with van der Waals surface area (Å²) in [6, 6.07) is 0. The van der Waals surface area contributed by atoms with Gasteiger partial charge in [-0.05, 0) is 0 Å². The fourth-order valence-corrected chi connectivity index (χ4v) is 1.50. The minimum atomic E-state index is 0.0890. The van der Waals surface area contributed by atoms with Gasteiger partial charge in [0.2, 0.25) is 0 Å². The Morgan fingerprint density at radius 3 is 2.67 bits per heavy atom. The van der Waals surface area contributed by atoms with E-state index >= 15 is 0 Å². The Morgan fingerprint density at radius 2 is 2.44 bits per heavy atom. The monoisotopic (exact) mass is 148 g/mol. The number of H-pyrrole nitrogens is 1. The van der Waals surface area contributed by atoms with E-state index in [4.69, 9.17) is 0 Å². The quantitative estimate of drug-likeness (QED) is 0.471. The molecule has 42 valence electrons. The second-order valence-electron chi connectivity index (χ2n) is 1.84. The molecule has 0 saturated carbocycles. The predicted molar refractivity (Wildman–Crippen MR) is 41.2 cm³/mol. The van der Waals surface area contributed by atoms with Crippen LogP contribution in [-0.4, -0.2) is 46.4 Å². The van der Waals surface area contributed by atoms with Gasteiger partial charge in [0, 0.05) is 0 Å². The average molecular weight is 148 g/mol. The molecular formula is C5H6Al2N2. The Balaban J connectivity index is 3.11. The van der Waals surface area contributed by atoms with Crippen molar-refractivity contribution >= 4 is 45.7 Å². The molecule has 0 unspecified atom stereocenters. The summed E-state index contributed by atoms with van der Waals surface area (Å²) >= 11 is 2.67. The van der Waals surface area contributed by atoms with Gasteiger partial charge in [0.15, 0.2) is 0 Å². The van der Waals surface area contributed by atoms with Crippen molar-refractivity contribution < 1.29 is 0 Å². The summed E-state index contributed by atoms with van der Waals surface area (Å²) in [5.74, 6) is 0. The molecule has 1 aromatic heterocycles. The molecule has 0 aliphatic rings. The average Bonchev–Trinajstić information content (AvgIpc) is 2.13. The Morgan fingerprint density at radius 1 is 1.78 bits per heavy atom. The summed E-state index contributed by atoms with van der Waals surface area (Å²) in [6.45, 7) is 2.01. The van der Waals surface area contributed by atoms with Crippen LogP contribution >= 0.6 is 0 Å². The Hall–Kier alpha value is 0.145. The summed E-state index contributed by atoms with van der Waals surface area (Å²) in [7, 11) is 0. The molecule has 1 aromatic rings. The molecule has 2 nitrogen and oxygen atoms in total. The van der Waals surface area contributed by atoms with Crippen LogP contribution in [-0.2, 0) is 0 Å². The van der Waals surface area contributed by atoms with Crippen LogP contribution in [0.2, 0.25) is 0 Å². The first-order valence-electron chi connectivity index (χ1n) is 2.68. The third-order valence-corrected chi connectivity index (χ3v) is 2.36. The molecule has 1 rings (SSSR count). The maximum atomic E-state index is 4.21. The number of aromatic amines is 1. The second-order valence-corrected chi connectivity index (χ2v) is 3.34. The number of imidazole rings is 1. The van der Waals surface area contributed by atoms with E-state index in [1.807, 2.05) is 6.92 Å². The zero-order valence-electron chi connectivity index (χ0n) is 5.31. The second kappa shape index (κ2) is 2.82. The van der Waals surface area contributed by atoms with Crippen molar-refractivity contribution in [3.05, 3.63) is 5.69 Å². The molecule has 0 atom stereocenters. The van der Waals surface area contributed by atoms with Gasteiger partial charge in [-0.1, -0.05) is 0 Å². The van der Waals surface area contributed by atoms with Crippen LogP contribution in [0, 0.1) is 6.92 Å². The Labute approximate surface area is 68.4 Å². The number of rotatable bonds is 1. The van der Waals surface area contributed by atoms with Gasteiger partial charge in [-0.2, -0.15) is 0 Å². The molecule has 1 heterocycles. The van der Waals surface area contributed by atoms with Gasteiger partial charge in [0.05, 0.1) is 0 Å². The normalized spacial score (nSPS) is 9.00. The minimum absolute atomic E-state index is 0.0890. The summed E-state index contributed by atoms with van der Waals surface area (Å²) in [6.07, 6.45) is 0. The Kier molecular flexibility index (Phi) is 2.27. The van der Waals surface area contributed by atoms with E-state index in [-0.39, 0.29) is 14.8 Å². The third kappa shape index (κ3) is 1.54. The van der Waals surface area contributed by atoms with Gasteiger partial charge >= 0.3 is 68.3 Å². The predicted octanol–water partition coefficient (Wildman–Crippen LogP) is -1.73. The van der Waals surface area contributed by atoms with Crippen LogP contribution in [0.3, 0.4) is 0 Å². The zero-order valence-corrected chi connectivity index (χ0v) is 7.62. The molecule has 2 radical (unpaired) electrons. The topological polar surface area (TPSA) is 28.7 Å². The van der Waals surface area contributed by atoms with Crippen molar-refractivity contribution in [1.29, 1.82) is 0 Å². The molecule has 0 saturated heterocycles. The summed E-state index contributed by atoms with van der Waals surface area (Å²) in [4.78, 5) is 7.35. The van der Waals surface area contributed by atoms with Gasteiger partial charge in [-0.25, -0.2) is 0 Å². The van der Waals surface area contributed by atoms with Crippen molar-refractivity contribution in [2.75, 3.05) is 0 Å². The molecule has 0 fully saturated rings. The van der Waals surface area contributed by atoms with Crippen molar-refractivity contribution in [3.63, 3.8) is 0 Å². The molecule has 1 N–H and O–H groups in total. The zero-order chi connectivity index (χ0) is 6.85.